The third-order valence-electron chi connectivity index (χ3n) is 13.5. The molecule has 5 fully saturated rings. The van der Waals surface area contributed by atoms with Crippen LogP contribution < -0.4 is 0 Å². The molecule has 5 rings (SSSR count). The van der Waals surface area contributed by atoms with E-state index in [0.717, 1.165) is 18.3 Å². The molecule has 5 aliphatic carbocycles. The van der Waals surface area contributed by atoms with Crippen molar-refractivity contribution in [2.24, 2.45) is 56.7 Å². The van der Waals surface area contributed by atoms with E-state index in [9.17, 15) is 10.2 Å². The Hall–Kier alpha value is -0.0800. The highest BCUT2D eigenvalue weighted by atomic mass is 16.3. The van der Waals surface area contributed by atoms with Gasteiger partial charge in [-0.15, -0.1) is 0 Å². The van der Waals surface area contributed by atoms with Gasteiger partial charge in [0.15, 0.2) is 0 Å². The summed E-state index contributed by atoms with van der Waals surface area (Å²) in [4.78, 5) is 0. The normalized spacial score (nSPS) is 59.1. The monoisotopic (exact) mass is 430 g/mol. The molecule has 5 saturated carbocycles. The molecular formula is C29H50O2. The zero-order valence-corrected chi connectivity index (χ0v) is 21.5. The largest absolute Gasteiger partial charge is 0.393 e. The fraction of sp³-hybridized carbons (Fsp3) is 1.00. The van der Waals surface area contributed by atoms with Crippen LogP contribution in [0.1, 0.15) is 113 Å². The van der Waals surface area contributed by atoms with Crippen molar-refractivity contribution in [3.8, 4) is 0 Å². The van der Waals surface area contributed by atoms with Crippen molar-refractivity contribution >= 4 is 0 Å². The Bertz CT molecular complexity index is 728. The highest BCUT2D eigenvalue weighted by molar-refractivity contribution is 5.19. The lowest BCUT2D eigenvalue weighted by molar-refractivity contribution is -0.248. The smallest absolute Gasteiger partial charge is 0.0594 e. The Morgan fingerprint density at radius 3 is 2.10 bits per heavy atom. The summed E-state index contributed by atoms with van der Waals surface area (Å²) in [6, 6.07) is 0. The molecule has 2 heteroatoms. The summed E-state index contributed by atoms with van der Waals surface area (Å²) in [5.41, 5.74) is 1.65. The molecule has 5 aliphatic rings. The van der Waals surface area contributed by atoms with Crippen molar-refractivity contribution < 1.29 is 10.2 Å². The minimum Gasteiger partial charge on any atom is -0.393 e. The topological polar surface area (TPSA) is 40.5 Å². The maximum atomic E-state index is 10.9. The van der Waals surface area contributed by atoms with E-state index in [0.29, 0.717) is 39.4 Å². The maximum absolute atomic E-state index is 10.9. The van der Waals surface area contributed by atoms with Crippen molar-refractivity contribution in [2.45, 2.75) is 125 Å². The molecule has 0 bridgehead atoms. The lowest BCUT2D eigenvalue weighted by Gasteiger charge is -2.73. The van der Waals surface area contributed by atoms with E-state index in [1.165, 1.54) is 57.8 Å². The zero-order valence-electron chi connectivity index (χ0n) is 21.5. The van der Waals surface area contributed by atoms with Crippen LogP contribution in [-0.4, -0.2) is 22.4 Å². The second-order valence-electron chi connectivity index (χ2n) is 14.7. The second kappa shape index (κ2) is 6.74. The Morgan fingerprint density at radius 2 is 1.42 bits per heavy atom. The molecule has 0 aromatic carbocycles. The summed E-state index contributed by atoms with van der Waals surface area (Å²) in [7, 11) is 0. The van der Waals surface area contributed by atoms with Crippen LogP contribution in [-0.2, 0) is 0 Å². The minimum absolute atomic E-state index is 0.0418. The van der Waals surface area contributed by atoms with Crippen molar-refractivity contribution in [1.29, 1.82) is 0 Å². The fourth-order valence-electron chi connectivity index (χ4n) is 11.5. The van der Waals surface area contributed by atoms with Gasteiger partial charge in [-0.1, -0.05) is 41.5 Å². The van der Waals surface area contributed by atoms with Gasteiger partial charge in [-0.3, -0.25) is 0 Å². The van der Waals surface area contributed by atoms with Gasteiger partial charge < -0.3 is 10.2 Å². The highest BCUT2D eigenvalue weighted by Crippen LogP contribution is 2.77. The molecule has 31 heavy (non-hydrogen) atoms. The molecule has 0 saturated heterocycles. The molecule has 0 spiro atoms. The molecule has 0 unspecified atom stereocenters. The van der Waals surface area contributed by atoms with Gasteiger partial charge in [0.2, 0.25) is 0 Å². The third-order valence-corrected chi connectivity index (χ3v) is 13.5. The van der Waals surface area contributed by atoms with Crippen molar-refractivity contribution in [1.82, 2.24) is 0 Å². The number of hydrogen-bond acceptors (Lipinski definition) is 2. The molecule has 2 nitrogen and oxygen atoms in total. The van der Waals surface area contributed by atoms with Gasteiger partial charge in [0, 0.05) is 0 Å². The van der Waals surface area contributed by atoms with Crippen molar-refractivity contribution in [3.05, 3.63) is 0 Å². The van der Waals surface area contributed by atoms with Crippen LogP contribution >= 0.6 is 0 Å². The van der Waals surface area contributed by atoms with Gasteiger partial charge in [0.25, 0.3) is 0 Å². The van der Waals surface area contributed by atoms with Crippen LogP contribution in [0.25, 0.3) is 0 Å². The van der Waals surface area contributed by atoms with E-state index in [4.69, 9.17) is 0 Å². The predicted molar refractivity (Wildman–Crippen MR) is 128 cm³/mol. The van der Waals surface area contributed by atoms with E-state index in [1.807, 2.05) is 0 Å². The lowest BCUT2D eigenvalue weighted by atomic mass is 9.32. The van der Waals surface area contributed by atoms with Crippen LogP contribution in [0.2, 0.25) is 0 Å². The summed E-state index contributed by atoms with van der Waals surface area (Å²) >= 11 is 0. The SMILES string of the molecule is C[C@@H](O)[C@@H]1CC[C@]2(C)CC[C@]3(C)[C@H](CC[C@@H]4[C@@]5(C)CC[C@@H](O)C(C)(C)[C@@H]5CC[C@]43C)[C@@H]12. The van der Waals surface area contributed by atoms with Gasteiger partial charge in [-0.05, 0) is 128 Å². The van der Waals surface area contributed by atoms with Gasteiger partial charge >= 0.3 is 0 Å². The van der Waals surface area contributed by atoms with Crippen LogP contribution in [0.5, 0.6) is 0 Å². The summed E-state index contributed by atoms with van der Waals surface area (Å²) in [6.07, 6.45) is 12.6. The third kappa shape index (κ3) is 2.70. The Labute approximate surface area is 192 Å². The maximum Gasteiger partial charge on any atom is 0.0594 e. The summed E-state index contributed by atoms with van der Waals surface area (Å²) in [5, 5.41) is 21.6. The van der Waals surface area contributed by atoms with Crippen molar-refractivity contribution in [3.63, 3.8) is 0 Å². The highest BCUT2D eigenvalue weighted by Gasteiger charge is 2.70. The first-order valence-electron chi connectivity index (χ1n) is 13.7. The lowest BCUT2D eigenvalue weighted by Crippen LogP contribution is -2.66. The molecule has 0 radical (unpaired) electrons. The Kier molecular flexibility index (Phi) is 4.94. The molecule has 11 atom stereocenters. The van der Waals surface area contributed by atoms with E-state index in [2.05, 4.69) is 48.5 Å². The summed E-state index contributed by atoms with van der Waals surface area (Å²) < 4.78 is 0. The Balaban J connectivity index is 1.54. The first-order valence-corrected chi connectivity index (χ1v) is 13.7. The van der Waals surface area contributed by atoms with Crippen LogP contribution in [0, 0.1) is 56.7 Å². The Morgan fingerprint density at radius 1 is 0.710 bits per heavy atom. The molecule has 0 aliphatic heterocycles. The van der Waals surface area contributed by atoms with Crippen LogP contribution in [0.15, 0.2) is 0 Å². The fourth-order valence-corrected chi connectivity index (χ4v) is 11.5. The number of rotatable bonds is 1. The zero-order chi connectivity index (χ0) is 22.6. The average molecular weight is 431 g/mol. The second-order valence-corrected chi connectivity index (χ2v) is 14.7. The summed E-state index contributed by atoms with van der Waals surface area (Å²) in [6.45, 7) is 17.3. The van der Waals surface area contributed by atoms with E-state index < -0.39 is 0 Å². The van der Waals surface area contributed by atoms with Gasteiger partial charge in [-0.25, -0.2) is 0 Å². The standard InChI is InChI=1S/C29H50O2/c1-18(30)19-10-13-26(4)16-17-28(6)20(24(19)26)8-9-22-27(5)14-12-23(31)25(2,3)21(27)11-15-29(22,28)7/h18-24,30-31H,8-17H2,1-7H3/t18-,19+,20-,21+,22-,23-,24-,26-,27+,28-,29-/m1/s1. The minimum atomic E-state index is -0.159. The van der Waals surface area contributed by atoms with Gasteiger partial charge in [0.05, 0.1) is 12.2 Å². The van der Waals surface area contributed by atoms with E-state index >= 15 is 0 Å². The van der Waals surface area contributed by atoms with Gasteiger partial charge in [0.1, 0.15) is 0 Å². The van der Waals surface area contributed by atoms with Crippen LogP contribution in [0.3, 0.4) is 0 Å². The van der Waals surface area contributed by atoms with Crippen LogP contribution in [0.4, 0.5) is 0 Å². The number of aliphatic hydroxyl groups excluding tert-OH is 2. The van der Waals surface area contributed by atoms with Crippen molar-refractivity contribution in [2.75, 3.05) is 0 Å². The number of fused-ring (bicyclic) bond motifs is 7. The van der Waals surface area contributed by atoms with E-state index in [-0.39, 0.29) is 17.6 Å². The molecule has 0 aromatic rings. The predicted octanol–water partition coefficient (Wildman–Crippen LogP) is 6.83. The van der Waals surface area contributed by atoms with Gasteiger partial charge in [-0.2, -0.15) is 0 Å². The first kappa shape index (κ1) is 22.7. The first-order chi connectivity index (χ1) is 14.3. The average Bonchev–Trinajstić information content (AvgIpc) is 3.04. The molecular weight excluding hydrogens is 380 g/mol. The molecule has 0 aromatic heterocycles. The number of hydrogen-bond donors (Lipinski definition) is 2. The summed E-state index contributed by atoms with van der Waals surface area (Å²) in [5.74, 6) is 3.41. The number of aliphatic hydroxyl groups is 2. The quantitative estimate of drug-likeness (QED) is 0.478. The molecule has 0 heterocycles. The molecule has 178 valence electrons. The molecule has 2 N–H and O–H groups in total. The van der Waals surface area contributed by atoms with E-state index in [1.54, 1.807) is 0 Å². The molecule has 0 amide bonds.